The van der Waals surface area contributed by atoms with Crippen LogP contribution in [0.15, 0.2) is 4.73 Å². The maximum atomic E-state index is 11.6. The van der Waals surface area contributed by atoms with Gasteiger partial charge in [-0.05, 0) is 35.7 Å². The number of rotatable bonds is 3. The summed E-state index contributed by atoms with van der Waals surface area (Å²) in [5.41, 5.74) is 1.47. The van der Waals surface area contributed by atoms with Crippen molar-refractivity contribution in [1.29, 1.82) is 0 Å². The van der Waals surface area contributed by atoms with E-state index in [4.69, 9.17) is 4.74 Å². The lowest BCUT2D eigenvalue weighted by molar-refractivity contribution is 0.0518. The van der Waals surface area contributed by atoms with E-state index >= 15 is 0 Å². The van der Waals surface area contributed by atoms with Crippen LogP contribution in [0.1, 0.15) is 41.9 Å². The first-order valence-corrected chi connectivity index (χ1v) is 5.83. The van der Waals surface area contributed by atoms with Gasteiger partial charge >= 0.3 is 5.97 Å². The number of esters is 1. The number of halogens is 1. The maximum absolute atomic E-state index is 11.6. The van der Waals surface area contributed by atoms with Crippen molar-refractivity contribution < 1.29 is 9.53 Å². The first kappa shape index (κ1) is 10.7. The number of hydrogen-bond donors (Lipinski definition) is 0. The van der Waals surface area contributed by atoms with Crippen molar-refractivity contribution >= 4 is 21.9 Å². The second kappa shape index (κ2) is 3.96. The molecule has 1 aromatic rings. The summed E-state index contributed by atoms with van der Waals surface area (Å²) in [6, 6.07) is 0. The van der Waals surface area contributed by atoms with Crippen molar-refractivity contribution in [3.8, 4) is 0 Å². The number of carbonyl (C=O) groups is 1. The zero-order valence-corrected chi connectivity index (χ0v) is 10.4. The molecule has 1 aliphatic rings. The van der Waals surface area contributed by atoms with Gasteiger partial charge < -0.3 is 9.30 Å². The summed E-state index contributed by atoms with van der Waals surface area (Å²) in [6.45, 7) is 2.18. The lowest BCUT2D eigenvalue weighted by Crippen LogP contribution is -2.09. The normalized spacial score (nSPS) is 15.4. The summed E-state index contributed by atoms with van der Waals surface area (Å²) in [5.74, 6) is 0.161. The van der Waals surface area contributed by atoms with E-state index in [0.717, 1.165) is 18.5 Å². The van der Waals surface area contributed by atoms with Gasteiger partial charge in [0.2, 0.25) is 0 Å². The molecule has 1 fully saturated rings. The molecule has 5 heteroatoms. The monoisotopic (exact) mass is 272 g/mol. The Hall–Kier alpha value is -0.840. The highest BCUT2D eigenvalue weighted by molar-refractivity contribution is 9.10. The number of imidazole rings is 1. The number of ether oxygens (including phenoxy) is 1. The second-order valence-electron chi connectivity index (χ2n) is 3.67. The molecule has 0 saturated heterocycles. The highest BCUT2D eigenvalue weighted by Gasteiger charge is 2.33. The predicted octanol–water partition coefficient (Wildman–Crippen LogP) is 2.24. The fourth-order valence-electron chi connectivity index (χ4n) is 1.66. The number of nitrogens with zero attached hydrogens (tertiary/aromatic N) is 2. The number of hydrogen-bond acceptors (Lipinski definition) is 3. The van der Waals surface area contributed by atoms with Crippen molar-refractivity contribution in [2.75, 3.05) is 6.61 Å². The third kappa shape index (κ3) is 1.93. The number of carbonyl (C=O) groups excluding carboxylic acids is 1. The molecule has 15 heavy (non-hydrogen) atoms. The standard InChI is InChI=1S/C10H13BrN2O2/c1-3-15-9(14)7-8(6-4-5-6)13(2)10(11)12-7/h6H,3-5H2,1-2H3. The molecule has 0 amide bonds. The minimum atomic E-state index is -0.319. The summed E-state index contributed by atoms with van der Waals surface area (Å²) in [5, 5.41) is 0. The van der Waals surface area contributed by atoms with E-state index in [0.29, 0.717) is 23.0 Å². The van der Waals surface area contributed by atoms with Crippen LogP contribution in [0, 0.1) is 0 Å². The average molecular weight is 273 g/mol. The van der Waals surface area contributed by atoms with Crippen LogP contribution in [0.5, 0.6) is 0 Å². The lowest BCUT2D eigenvalue weighted by Gasteiger charge is -2.03. The summed E-state index contributed by atoms with van der Waals surface area (Å²) < 4.78 is 7.59. The van der Waals surface area contributed by atoms with E-state index in [-0.39, 0.29) is 5.97 Å². The Morgan fingerprint density at radius 1 is 1.67 bits per heavy atom. The minimum Gasteiger partial charge on any atom is -0.461 e. The van der Waals surface area contributed by atoms with E-state index in [2.05, 4.69) is 20.9 Å². The van der Waals surface area contributed by atoms with Gasteiger partial charge in [0.1, 0.15) is 0 Å². The number of aromatic nitrogens is 2. The quantitative estimate of drug-likeness (QED) is 0.793. The second-order valence-corrected chi connectivity index (χ2v) is 4.38. The summed E-state index contributed by atoms with van der Waals surface area (Å²) in [7, 11) is 1.91. The van der Waals surface area contributed by atoms with Crippen molar-refractivity contribution in [2.24, 2.45) is 7.05 Å². The third-order valence-electron chi connectivity index (χ3n) is 2.52. The van der Waals surface area contributed by atoms with E-state index in [1.807, 2.05) is 11.6 Å². The fraction of sp³-hybridized carbons (Fsp3) is 0.600. The Morgan fingerprint density at radius 3 is 2.87 bits per heavy atom. The smallest absolute Gasteiger partial charge is 0.358 e. The van der Waals surface area contributed by atoms with Crippen molar-refractivity contribution in [3.63, 3.8) is 0 Å². The molecule has 0 bridgehead atoms. The zero-order valence-electron chi connectivity index (χ0n) is 8.79. The Morgan fingerprint density at radius 2 is 2.33 bits per heavy atom. The molecule has 0 unspecified atom stereocenters. The molecule has 0 aliphatic heterocycles. The molecular formula is C10H13BrN2O2. The van der Waals surface area contributed by atoms with Gasteiger partial charge in [-0.25, -0.2) is 9.78 Å². The van der Waals surface area contributed by atoms with Crippen LogP contribution in [-0.4, -0.2) is 22.1 Å². The molecule has 4 nitrogen and oxygen atoms in total. The lowest BCUT2D eigenvalue weighted by atomic mass is 10.2. The highest BCUT2D eigenvalue weighted by atomic mass is 79.9. The zero-order chi connectivity index (χ0) is 11.0. The Labute approximate surface area is 96.8 Å². The summed E-state index contributed by atoms with van der Waals surface area (Å²) in [6.07, 6.45) is 2.27. The van der Waals surface area contributed by atoms with Gasteiger partial charge in [0.05, 0.1) is 12.3 Å². The van der Waals surface area contributed by atoms with Crippen LogP contribution < -0.4 is 0 Å². The van der Waals surface area contributed by atoms with E-state index < -0.39 is 0 Å². The topological polar surface area (TPSA) is 44.1 Å². The molecular weight excluding hydrogens is 260 g/mol. The molecule has 0 spiro atoms. The van der Waals surface area contributed by atoms with Crippen molar-refractivity contribution in [2.45, 2.75) is 25.7 Å². The van der Waals surface area contributed by atoms with Gasteiger partial charge in [0.15, 0.2) is 10.4 Å². The Balaban J connectivity index is 2.37. The molecule has 1 aromatic heterocycles. The van der Waals surface area contributed by atoms with Crippen molar-refractivity contribution in [1.82, 2.24) is 9.55 Å². The van der Waals surface area contributed by atoms with Gasteiger partial charge in [-0.1, -0.05) is 0 Å². The SMILES string of the molecule is CCOC(=O)c1nc(Br)n(C)c1C1CC1. The maximum Gasteiger partial charge on any atom is 0.358 e. The molecule has 1 aliphatic carbocycles. The molecule has 0 atom stereocenters. The van der Waals surface area contributed by atoms with Crippen LogP contribution >= 0.6 is 15.9 Å². The molecule has 2 rings (SSSR count). The summed E-state index contributed by atoms with van der Waals surface area (Å²) >= 11 is 3.33. The third-order valence-corrected chi connectivity index (χ3v) is 3.23. The predicted molar refractivity (Wildman–Crippen MR) is 58.8 cm³/mol. The molecule has 0 aromatic carbocycles. The molecule has 0 radical (unpaired) electrons. The van der Waals surface area contributed by atoms with Crippen LogP contribution in [0.25, 0.3) is 0 Å². The average Bonchev–Trinajstić information content (AvgIpc) is 2.97. The molecule has 0 N–H and O–H groups in total. The molecule has 82 valence electrons. The van der Waals surface area contributed by atoms with Crippen LogP contribution in [0.3, 0.4) is 0 Å². The van der Waals surface area contributed by atoms with E-state index in [1.165, 1.54) is 0 Å². The highest BCUT2D eigenvalue weighted by Crippen LogP contribution is 2.42. The first-order chi connectivity index (χ1) is 7.15. The van der Waals surface area contributed by atoms with Gasteiger partial charge in [-0.2, -0.15) is 0 Å². The van der Waals surface area contributed by atoms with Gasteiger partial charge in [0.25, 0.3) is 0 Å². The Bertz CT molecular complexity index is 396. The van der Waals surface area contributed by atoms with E-state index in [1.54, 1.807) is 6.92 Å². The Kier molecular flexibility index (Phi) is 2.82. The van der Waals surface area contributed by atoms with Crippen LogP contribution in [0.2, 0.25) is 0 Å². The van der Waals surface area contributed by atoms with E-state index in [9.17, 15) is 4.79 Å². The largest absolute Gasteiger partial charge is 0.461 e. The van der Waals surface area contributed by atoms with Crippen LogP contribution in [0.4, 0.5) is 0 Å². The molecule has 1 heterocycles. The first-order valence-electron chi connectivity index (χ1n) is 5.04. The van der Waals surface area contributed by atoms with Crippen molar-refractivity contribution in [3.05, 3.63) is 16.1 Å². The van der Waals surface area contributed by atoms with Crippen LogP contribution in [-0.2, 0) is 11.8 Å². The van der Waals surface area contributed by atoms with Gasteiger partial charge in [0, 0.05) is 13.0 Å². The summed E-state index contributed by atoms with van der Waals surface area (Å²) in [4.78, 5) is 15.8. The van der Waals surface area contributed by atoms with Gasteiger partial charge in [-0.15, -0.1) is 0 Å². The molecule has 1 saturated carbocycles. The van der Waals surface area contributed by atoms with Gasteiger partial charge in [-0.3, -0.25) is 0 Å². The minimum absolute atomic E-state index is 0.319. The fourth-order valence-corrected chi connectivity index (χ4v) is 2.02.